The first-order chi connectivity index (χ1) is 15.8. The fraction of sp³-hybridized carbons (Fsp3) is 0.583. The van der Waals surface area contributed by atoms with Gasteiger partial charge in [-0.1, -0.05) is 32.4 Å². The van der Waals surface area contributed by atoms with Gasteiger partial charge in [0.25, 0.3) is 11.9 Å². The molecule has 33 heavy (non-hydrogen) atoms. The Bertz CT molecular complexity index is 992. The first-order valence-corrected chi connectivity index (χ1v) is 11.9. The molecule has 2 atom stereocenters. The number of carbonyl (C=O) groups is 1. The molecule has 1 saturated heterocycles. The molecular formula is C24H31ClFN3O4. The second kappa shape index (κ2) is 9.50. The monoisotopic (exact) mass is 479 g/mol. The van der Waals surface area contributed by atoms with Crippen LogP contribution in [0.5, 0.6) is 5.75 Å². The summed E-state index contributed by atoms with van der Waals surface area (Å²) in [5.41, 5.74) is 0.197. The highest BCUT2D eigenvalue weighted by molar-refractivity contribution is 6.32. The lowest BCUT2D eigenvalue weighted by Crippen LogP contribution is -2.62. The van der Waals surface area contributed by atoms with E-state index in [9.17, 15) is 9.18 Å². The van der Waals surface area contributed by atoms with E-state index in [0.29, 0.717) is 37.2 Å². The fourth-order valence-corrected chi connectivity index (χ4v) is 4.79. The van der Waals surface area contributed by atoms with E-state index in [-0.39, 0.29) is 33.9 Å². The standard InChI is InChI=1S/C24H31ClFN3O4/c1-5-19-20(28-23(33-19)29-12-24(6-2,13-29)31-4)22(30)27-15-10-17(25)21(18(26)11-15)32-16-8-7-14(3)9-16/h10-11,14,16H,5-9,12-13H2,1-4H3,(H,27,30)/t14?,16-/m1/s1. The topological polar surface area (TPSA) is 76.8 Å². The highest BCUT2D eigenvalue weighted by Gasteiger charge is 2.44. The van der Waals surface area contributed by atoms with Gasteiger partial charge in [-0.2, -0.15) is 4.98 Å². The molecule has 2 heterocycles. The lowest BCUT2D eigenvalue weighted by Gasteiger charge is -2.47. The van der Waals surface area contributed by atoms with Crippen LogP contribution in [0, 0.1) is 11.7 Å². The first kappa shape index (κ1) is 23.8. The van der Waals surface area contributed by atoms with Gasteiger partial charge in [-0.3, -0.25) is 4.79 Å². The van der Waals surface area contributed by atoms with Gasteiger partial charge in [0.1, 0.15) is 11.4 Å². The minimum absolute atomic E-state index is 0.0297. The Labute approximate surface area is 198 Å². The lowest BCUT2D eigenvalue weighted by atomic mass is 9.91. The predicted molar refractivity (Wildman–Crippen MR) is 125 cm³/mol. The van der Waals surface area contributed by atoms with Gasteiger partial charge in [0.2, 0.25) is 0 Å². The molecule has 2 aromatic rings. The van der Waals surface area contributed by atoms with Crippen molar-refractivity contribution in [3.8, 4) is 5.75 Å². The number of hydrogen-bond donors (Lipinski definition) is 1. The van der Waals surface area contributed by atoms with Crippen LogP contribution in [-0.4, -0.2) is 42.8 Å². The molecule has 180 valence electrons. The smallest absolute Gasteiger partial charge is 0.298 e. The molecule has 0 spiro atoms. The van der Waals surface area contributed by atoms with E-state index in [1.807, 2.05) is 11.8 Å². The molecule has 1 N–H and O–H groups in total. The van der Waals surface area contributed by atoms with E-state index < -0.39 is 11.7 Å². The van der Waals surface area contributed by atoms with Gasteiger partial charge in [0.05, 0.1) is 24.2 Å². The number of halogens is 2. The third-order valence-electron chi connectivity index (χ3n) is 6.72. The van der Waals surface area contributed by atoms with Crippen molar-refractivity contribution < 1.29 is 23.1 Å². The number of anilines is 2. The maximum atomic E-state index is 14.7. The fourth-order valence-electron chi connectivity index (χ4n) is 4.54. The van der Waals surface area contributed by atoms with Gasteiger partial charge in [-0.15, -0.1) is 0 Å². The Kier molecular flexibility index (Phi) is 6.86. The average Bonchev–Trinajstić information content (AvgIpc) is 3.37. The molecule has 2 fully saturated rings. The number of aryl methyl sites for hydroxylation is 1. The van der Waals surface area contributed by atoms with E-state index in [0.717, 1.165) is 25.7 Å². The summed E-state index contributed by atoms with van der Waals surface area (Å²) in [6, 6.07) is 3.09. The second-order valence-electron chi connectivity index (χ2n) is 9.10. The van der Waals surface area contributed by atoms with Crippen LogP contribution in [0.25, 0.3) is 0 Å². The van der Waals surface area contributed by atoms with Gasteiger partial charge >= 0.3 is 0 Å². The van der Waals surface area contributed by atoms with Crippen LogP contribution in [0.1, 0.15) is 62.7 Å². The number of ether oxygens (including phenoxy) is 2. The van der Waals surface area contributed by atoms with Crippen molar-refractivity contribution in [3.63, 3.8) is 0 Å². The summed E-state index contributed by atoms with van der Waals surface area (Å²) in [6.45, 7) is 7.40. The average molecular weight is 480 g/mol. The maximum Gasteiger partial charge on any atom is 0.298 e. The zero-order valence-electron chi connectivity index (χ0n) is 19.5. The number of methoxy groups -OCH3 is 1. The summed E-state index contributed by atoms with van der Waals surface area (Å²) in [4.78, 5) is 19.3. The van der Waals surface area contributed by atoms with Gasteiger partial charge < -0.3 is 24.1 Å². The van der Waals surface area contributed by atoms with Crippen molar-refractivity contribution in [1.82, 2.24) is 4.98 Å². The SMILES string of the molecule is CCc1oc(N2CC(CC)(OC)C2)nc1C(=O)Nc1cc(F)c(O[C@@H]2CCC(C)C2)c(Cl)c1. The molecule has 1 amide bonds. The first-order valence-electron chi connectivity index (χ1n) is 11.5. The molecule has 4 rings (SSSR count). The third kappa shape index (κ3) is 4.82. The Morgan fingerprint density at radius 1 is 1.36 bits per heavy atom. The number of nitrogens with zero attached hydrogens (tertiary/aromatic N) is 2. The number of aromatic nitrogens is 1. The number of nitrogens with one attached hydrogen (secondary N) is 1. The predicted octanol–water partition coefficient (Wildman–Crippen LogP) is 5.46. The van der Waals surface area contributed by atoms with Crippen LogP contribution < -0.4 is 15.0 Å². The largest absolute Gasteiger partial charge is 0.486 e. The minimum Gasteiger partial charge on any atom is -0.486 e. The van der Waals surface area contributed by atoms with Crippen LogP contribution >= 0.6 is 11.6 Å². The molecule has 1 aliphatic carbocycles. The quantitative estimate of drug-likeness (QED) is 0.541. The zero-order valence-corrected chi connectivity index (χ0v) is 20.3. The highest BCUT2D eigenvalue weighted by atomic mass is 35.5. The van der Waals surface area contributed by atoms with Gasteiger partial charge in [-0.25, -0.2) is 4.39 Å². The Hall–Kier alpha value is -2.32. The highest BCUT2D eigenvalue weighted by Crippen LogP contribution is 2.37. The van der Waals surface area contributed by atoms with Gasteiger partial charge in [0, 0.05) is 25.3 Å². The molecule has 9 heteroatoms. The Morgan fingerprint density at radius 2 is 2.12 bits per heavy atom. The zero-order chi connectivity index (χ0) is 23.8. The number of carbonyl (C=O) groups excluding carboxylic acids is 1. The van der Waals surface area contributed by atoms with Crippen molar-refractivity contribution in [2.75, 3.05) is 30.4 Å². The molecule has 1 aliphatic heterocycles. The lowest BCUT2D eigenvalue weighted by molar-refractivity contribution is -0.0379. The minimum atomic E-state index is -0.607. The van der Waals surface area contributed by atoms with Crippen LogP contribution in [0.3, 0.4) is 0 Å². The van der Waals surface area contributed by atoms with Crippen molar-refractivity contribution in [2.45, 2.75) is 64.6 Å². The summed E-state index contributed by atoms with van der Waals surface area (Å²) in [6.07, 6.45) is 4.14. The number of oxazole rings is 1. The number of rotatable bonds is 8. The molecule has 7 nitrogen and oxygen atoms in total. The Balaban J connectivity index is 1.46. The molecule has 1 unspecified atom stereocenters. The molecule has 1 aromatic carbocycles. The van der Waals surface area contributed by atoms with Crippen LogP contribution in [0.4, 0.5) is 16.1 Å². The van der Waals surface area contributed by atoms with Crippen molar-refractivity contribution >= 4 is 29.2 Å². The molecule has 2 aliphatic rings. The summed E-state index contributed by atoms with van der Waals surface area (Å²) >= 11 is 6.29. The van der Waals surface area contributed by atoms with Crippen molar-refractivity contribution in [1.29, 1.82) is 0 Å². The van der Waals surface area contributed by atoms with Crippen molar-refractivity contribution in [2.24, 2.45) is 5.92 Å². The van der Waals surface area contributed by atoms with E-state index in [2.05, 4.69) is 24.1 Å². The third-order valence-corrected chi connectivity index (χ3v) is 7.00. The van der Waals surface area contributed by atoms with Crippen LogP contribution in [0.15, 0.2) is 16.5 Å². The normalized spacial score (nSPS) is 21.7. The molecule has 1 saturated carbocycles. The second-order valence-corrected chi connectivity index (χ2v) is 9.51. The van der Waals surface area contributed by atoms with Crippen LogP contribution in [0.2, 0.25) is 5.02 Å². The van der Waals surface area contributed by atoms with Crippen LogP contribution in [-0.2, 0) is 11.2 Å². The molecule has 0 bridgehead atoms. The number of benzene rings is 1. The summed E-state index contributed by atoms with van der Waals surface area (Å²) < 4.78 is 32.0. The van der Waals surface area contributed by atoms with E-state index in [1.165, 1.54) is 12.1 Å². The number of amides is 1. The maximum absolute atomic E-state index is 14.7. The summed E-state index contributed by atoms with van der Waals surface area (Å²) in [5.74, 6) is -0.0351. The van der Waals surface area contributed by atoms with E-state index >= 15 is 0 Å². The summed E-state index contributed by atoms with van der Waals surface area (Å²) in [7, 11) is 1.70. The van der Waals surface area contributed by atoms with E-state index in [4.69, 9.17) is 25.5 Å². The summed E-state index contributed by atoms with van der Waals surface area (Å²) in [5, 5.41) is 2.81. The number of hydrogen-bond acceptors (Lipinski definition) is 6. The molecule has 1 aromatic heterocycles. The van der Waals surface area contributed by atoms with E-state index in [1.54, 1.807) is 7.11 Å². The molecular weight excluding hydrogens is 449 g/mol. The van der Waals surface area contributed by atoms with Gasteiger partial charge in [-0.05, 0) is 37.7 Å². The molecule has 0 radical (unpaired) electrons. The Morgan fingerprint density at radius 3 is 2.70 bits per heavy atom. The van der Waals surface area contributed by atoms with Crippen molar-refractivity contribution in [3.05, 3.63) is 34.4 Å². The van der Waals surface area contributed by atoms with Gasteiger partial charge in [0.15, 0.2) is 17.3 Å².